The lowest BCUT2D eigenvalue weighted by molar-refractivity contribution is 0.174. The smallest absolute Gasteiger partial charge is 0.0924 e. The van der Waals surface area contributed by atoms with Crippen molar-refractivity contribution < 1.29 is 9.47 Å². The van der Waals surface area contributed by atoms with Gasteiger partial charge in [0.15, 0.2) is 0 Å². The zero-order chi connectivity index (χ0) is 8.40. The summed E-state index contributed by atoms with van der Waals surface area (Å²) in [5.41, 5.74) is 0.456. The molecule has 2 nitrogen and oxygen atoms in total. The van der Waals surface area contributed by atoms with Crippen LogP contribution in [0.2, 0.25) is 0 Å². The molecule has 0 aromatic carbocycles. The van der Waals surface area contributed by atoms with Crippen LogP contribution in [0, 0.1) is 5.92 Å². The van der Waals surface area contributed by atoms with Crippen LogP contribution in [-0.4, -0.2) is 23.9 Å². The Morgan fingerprint density at radius 3 is 2.38 bits per heavy atom. The van der Waals surface area contributed by atoms with Crippen LogP contribution in [0.1, 0.15) is 40.5 Å². The molecule has 0 radical (unpaired) electrons. The number of epoxide rings is 2. The van der Waals surface area contributed by atoms with Crippen LogP contribution >= 0.6 is 0 Å². The Kier molecular flexibility index (Phi) is 1.81. The third kappa shape index (κ3) is 1.31. The summed E-state index contributed by atoms with van der Waals surface area (Å²) < 4.78 is 11.2. The molecule has 3 rings (SSSR count). The zero-order valence-corrected chi connectivity index (χ0v) is 7.80. The topological polar surface area (TPSA) is 25.1 Å². The summed E-state index contributed by atoms with van der Waals surface area (Å²) in [6.07, 6.45) is 4.35. The fourth-order valence-corrected chi connectivity index (χ4v) is 2.65. The molecular weight excluding hydrogens is 164 g/mol. The van der Waals surface area contributed by atoms with Gasteiger partial charge in [-0.05, 0) is 39.0 Å². The van der Waals surface area contributed by atoms with Crippen molar-refractivity contribution >= 4 is 0 Å². The highest BCUT2D eigenvalue weighted by molar-refractivity contribution is 5.09. The monoisotopic (exact) mass is 184 g/mol. The lowest BCUT2D eigenvalue weighted by atomic mass is 9.76. The fraction of sp³-hybridized carbons (Fsp3) is 1.00. The maximum atomic E-state index is 5.66. The maximum Gasteiger partial charge on any atom is 0.0924 e. The third-order valence-electron chi connectivity index (χ3n) is 3.93. The third-order valence-corrected chi connectivity index (χ3v) is 3.93. The molecule has 0 N–H and O–H groups in total. The Balaban J connectivity index is 0.000000653. The second-order valence-electron chi connectivity index (χ2n) is 5.00. The summed E-state index contributed by atoms with van der Waals surface area (Å²) in [5.74, 6) is 0.751. The Morgan fingerprint density at radius 2 is 1.85 bits per heavy atom. The van der Waals surface area contributed by atoms with Crippen molar-refractivity contribution in [3.8, 4) is 0 Å². The first-order valence-corrected chi connectivity index (χ1v) is 4.94. The van der Waals surface area contributed by atoms with Crippen molar-refractivity contribution in [2.24, 2.45) is 5.92 Å². The Hall–Kier alpha value is -0.0800. The average Bonchev–Trinajstić information content (AvgIpc) is 2.86. The number of rotatable bonds is 1. The molecule has 4 unspecified atom stereocenters. The molecule has 2 saturated heterocycles. The highest BCUT2D eigenvalue weighted by Gasteiger charge is 2.60. The molecule has 76 valence electrons. The van der Waals surface area contributed by atoms with Crippen molar-refractivity contribution in [1.29, 1.82) is 0 Å². The van der Waals surface area contributed by atoms with E-state index in [-0.39, 0.29) is 18.6 Å². The van der Waals surface area contributed by atoms with Crippen LogP contribution in [0.4, 0.5) is 0 Å². The van der Waals surface area contributed by atoms with Crippen LogP contribution in [0.3, 0.4) is 0 Å². The van der Waals surface area contributed by atoms with Gasteiger partial charge in [0.05, 0.1) is 23.9 Å². The summed E-state index contributed by atoms with van der Waals surface area (Å²) in [6, 6.07) is 0. The predicted molar refractivity (Wildman–Crippen MR) is 51.7 cm³/mol. The van der Waals surface area contributed by atoms with Crippen LogP contribution in [-0.2, 0) is 9.47 Å². The van der Waals surface area contributed by atoms with Crippen LogP contribution in [0.15, 0.2) is 0 Å². The van der Waals surface area contributed by atoms with E-state index in [1.54, 1.807) is 0 Å². The minimum Gasteiger partial charge on any atom is -0.370 e. The number of ether oxygens (including phenoxy) is 2. The first kappa shape index (κ1) is 9.47. The van der Waals surface area contributed by atoms with Gasteiger partial charge < -0.3 is 9.47 Å². The molecule has 3 fully saturated rings. The molecule has 0 bridgehead atoms. The van der Waals surface area contributed by atoms with Gasteiger partial charge in [0.25, 0.3) is 0 Å². The number of hydrogen-bond acceptors (Lipinski definition) is 2. The molecule has 3 aliphatic rings. The summed E-state index contributed by atoms with van der Waals surface area (Å²) in [5, 5.41) is 0. The Bertz CT molecular complexity index is 222. The molecule has 1 aliphatic carbocycles. The van der Waals surface area contributed by atoms with Crippen molar-refractivity contribution in [2.75, 3.05) is 6.61 Å². The van der Waals surface area contributed by atoms with Gasteiger partial charge in [-0.1, -0.05) is 7.43 Å². The molecule has 0 aromatic heterocycles. The molecule has 4 atom stereocenters. The van der Waals surface area contributed by atoms with Crippen LogP contribution in [0.5, 0.6) is 0 Å². The van der Waals surface area contributed by atoms with E-state index in [4.69, 9.17) is 9.47 Å². The van der Waals surface area contributed by atoms with Crippen LogP contribution < -0.4 is 0 Å². The number of hydrogen-bond donors (Lipinski definition) is 0. The van der Waals surface area contributed by atoms with Gasteiger partial charge in [-0.25, -0.2) is 0 Å². The number of fused-ring (bicyclic) bond motifs is 1. The molecule has 1 saturated carbocycles. The van der Waals surface area contributed by atoms with E-state index < -0.39 is 0 Å². The second-order valence-corrected chi connectivity index (χ2v) is 5.00. The molecule has 0 aromatic rings. The molecule has 2 aliphatic heterocycles. The largest absolute Gasteiger partial charge is 0.370 e. The SMILES string of the molecule is C.CC1(C2CCC3OC3(C)C2)CO1. The van der Waals surface area contributed by atoms with Gasteiger partial charge in [-0.2, -0.15) is 0 Å². The summed E-state index contributed by atoms with van der Waals surface area (Å²) in [4.78, 5) is 0. The van der Waals surface area contributed by atoms with Crippen LogP contribution in [0.25, 0.3) is 0 Å². The van der Waals surface area contributed by atoms with Crippen molar-refractivity contribution in [3.05, 3.63) is 0 Å². The van der Waals surface area contributed by atoms with E-state index in [9.17, 15) is 0 Å². The first-order valence-electron chi connectivity index (χ1n) is 4.94. The lowest BCUT2D eigenvalue weighted by Crippen LogP contribution is -2.31. The normalized spacial score (nSPS) is 57.7. The van der Waals surface area contributed by atoms with Gasteiger partial charge in [0.1, 0.15) is 0 Å². The van der Waals surface area contributed by atoms with E-state index in [1.807, 2.05) is 0 Å². The van der Waals surface area contributed by atoms with E-state index in [2.05, 4.69) is 13.8 Å². The Labute approximate surface area is 80.6 Å². The standard InChI is InChI=1S/C10H16O2.CH4/c1-9-5-7(10(2)6-11-10)3-4-8(9)12-9;/h7-8H,3-6H2,1-2H3;1H4. The van der Waals surface area contributed by atoms with Gasteiger partial charge in [0, 0.05) is 0 Å². The highest BCUT2D eigenvalue weighted by atomic mass is 16.6. The van der Waals surface area contributed by atoms with E-state index in [0.717, 1.165) is 12.5 Å². The van der Waals surface area contributed by atoms with Crippen molar-refractivity contribution in [3.63, 3.8) is 0 Å². The predicted octanol–water partition coefficient (Wildman–Crippen LogP) is 2.37. The Morgan fingerprint density at radius 1 is 1.15 bits per heavy atom. The molecule has 0 spiro atoms. The van der Waals surface area contributed by atoms with Gasteiger partial charge >= 0.3 is 0 Å². The molecule has 0 amide bonds. The fourth-order valence-electron chi connectivity index (χ4n) is 2.65. The van der Waals surface area contributed by atoms with E-state index >= 15 is 0 Å². The maximum absolute atomic E-state index is 5.66. The highest BCUT2D eigenvalue weighted by Crippen LogP contribution is 2.54. The minimum atomic E-state index is 0. The van der Waals surface area contributed by atoms with Gasteiger partial charge in [-0.3, -0.25) is 0 Å². The molecule has 13 heavy (non-hydrogen) atoms. The zero-order valence-electron chi connectivity index (χ0n) is 7.80. The average molecular weight is 184 g/mol. The summed E-state index contributed by atoms with van der Waals surface area (Å²) in [6.45, 7) is 5.46. The van der Waals surface area contributed by atoms with Crippen molar-refractivity contribution in [2.45, 2.75) is 57.8 Å². The second kappa shape index (κ2) is 2.48. The summed E-state index contributed by atoms with van der Waals surface area (Å²) >= 11 is 0. The van der Waals surface area contributed by atoms with Gasteiger partial charge in [0.2, 0.25) is 0 Å². The quantitative estimate of drug-likeness (QED) is 0.584. The summed E-state index contributed by atoms with van der Waals surface area (Å²) in [7, 11) is 0. The van der Waals surface area contributed by atoms with Crippen molar-refractivity contribution in [1.82, 2.24) is 0 Å². The van der Waals surface area contributed by atoms with E-state index in [0.29, 0.717) is 6.10 Å². The molecule has 2 heteroatoms. The molecule has 2 heterocycles. The van der Waals surface area contributed by atoms with E-state index in [1.165, 1.54) is 19.3 Å². The minimum absolute atomic E-state index is 0. The lowest BCUT2D eigenvalue weighted by Gasteiger charge is -2.26. The van der Waals surface area contributed by atoms with Gasteiger partial charge in [-0.15, -0.1) is 0 Å². The first-order chi connectivity index (χ1) is 5.62. The molecular formula is C11H20O2.